The number of para-hydroxylation sites is 1. The molecule has 0 aromatic heterocycles. The topological polar surface area (TPSA) is 38.8 Å². The summed E-state index contributed by atoms with van der Waals surface area (Å²) < 4.78 is 11.1. The van der Waals surface area contributed by atoms with Crippen molar-refractivity contribution in [2.24, 2.45) is 0 Å². The highest BCUT2D eigenvalue weighted by atomic mass is 35.5. The number of carbonyl (C=O) groups is 1. The Morgan fingerprint density at radius 3 is 2.85 bits per heavy atom. The summed E-state index contributed by atoms with van der Waals surface area (Å²) in [5.41, 5.74) is 0.559. The van der Waals surface area contributed by atoms with E-state index < -0.39 is 0 Å². The average molecular weight is 298 g/mol. The van der Waals surface area contributed by atoms with Crippen LogP contribution in [0, 0.1) is 0 Å². The third kappa shape index (κ3) is 3.37. The van der Waals surface area contributed by atoms with Crippen molar-refractivity contribution >= 4 is 17.5 Å². The van der Waals surface area contributed by atoms with Crippen LogP contribution in [0.3, 0.4) is 0 Å². The Kier molecular flexibility index (Phi) is 5.53. The molecular weight excluding hydrogens is 278 g/mol. The molecule has 0 saturated heterocycles. The van der Waals surface area contributed by atoms with Crippen LogP contribution in [0.2, 0.25) is 0 Å². The van der Waals surface area contributed by atoms with Crippen LogP contribution in [0.4, 0.5) is 0 Å². The first-order valence-corrected chi connectivity index (χ1v) is 7.55. The molecule has 0 radical (unpaired) electrons. The van der Waals surface area contributed by atoms with E-state index in [0.29, 0.717) is 49.2 Å². The highest BCUT2D eigenvalue weighted by Crippen LogP contribution is 2.34. The van der Waals surface area contributed by atoms with E-state index in [1.54, 1.807) is 11.0 Å². The van der Waals surface area contributed by atoms with Crippen LogP contribution in [-0.2, 0) is 0 Å². The Labute approximate surface area is 124 Å². The van der Waals surface area contributed by atoms with E-state index in [1.165, 1.54) is 0 Å². The summed E-state index contributed by atoms with van der Waals surface area (Å²) in [6.45, 7) is 4.36. The Morgan fingerprint density at radius 1 is 1.30 bits per heavy atom. The van der Waals surface area contributed by atoms with Gasteiger partial charge in [0.2, 0.25) is 0 Å². The molecule has 0 N–H and O–H groups in total. The number of ether oxygens (including phenoxy) is 2. The Morgan fingerprint density at radius 2 is 2.10 bits per heavy atom. The van der Waals surface area contributed by atoms with E-state index in [-0.39, 0.29) is 5.91 Å². The van der Waals surface area contributed by atoms with E-state index in [9.17, 15) is 4.79 Å². The van der Waals surface area contributed by atoms with Crippen molar-refractivity contribution in [3.63, 3.8) is 0 Å². The second kappa shape index (κ2) is 7.39. The third-order valence-corrected chi connectivity index (χ3v) is 3.39. The summed E-state index contributed by atoms with van der Waals surface area (Å²) in [7, 11) is 0. The number of benzene rings is 1. The Hall–Kier alpha value is -1.42. The number of carbonyl (C=O) groups excluding carboxylic acids is 1. The predicted molar refractivity (Wildman–Crippen MR) is 79.0 cm³/mol. The monoisotopic (exact) mass is 297 g/mol. The molecule has 1 heterocycles. The summed E-state index contributed by atoms with van der Waals surface area (Å²) in [5.74, 6) is 1.59. The molecule has 5 heteroatoms. The highest BCUT2D eigenvalue weighted by molar-refractivity contribution is 6.18. The van der Waals surface area contributed by atoms with Crippen molar-refractivity contribution in [3.8, 4) is 11.5 Å². The largest absolute Gasteiger partial charge is 0.486 e. The fourth-order valence-electron chi connectivity index (χ4n) is 2.18. The smallest absolute Gasteiger partial charge is 0.257 e. The van der Waals surface area contributed by atoms with Gasteiger partial charge in [-0.25, -0.2) is 0 Å². The van der Waals surface area contributed by atoms with Gasteiger partial charge >= 0.3 is 0 Å². The molecule has 0 aliphatic carbocycles. The number of rotatable bonds is 6. The first-order valence-electron chi connectivity index (χ1n) is 7.01. The molecule has 4 nitrogen and oxygen atoms in total. The molecule has 110 valence electrons. The second-order valence-electron chi connectivity index (χ2n) is 4.66. The lowest BCUT2D eigenvalue weighted by Gasteiger charge is -2.25. The number of hydrogen-bond donors (Lipinski definition) is 0. The molecule has 1 aromatic carbocycles. The molecule has 0 unspecified atom stereocenters. The predicted octanol–water partition coefficient (Wildman–Crippen LogP) is 2.94. The average Bonchev–Trinajstić information content (AvgIpc) is 2.50. The van der Waals surface area contributed by atoms with Crippen LogP contribution < -0.4 is 9.47 Å². The first kappa shape index (κ1) is 15.0. The third-order valence-electron chi connectivity index (χ3n) is 3.22. The van der Waals surface area contributed by atoms with Crippen molar-refractivity contribution in [1.82, 2.24) is 4.90 Å². The van der Waals surface area contributed by atoms with Crippen molar-refractivity contribution in [3.05, 3.63) is 23.8 Å². The molecule has 0 bridgehead atoms. The van der Waals surface area contributed by atoms with E-state index in [4.69, 9.17) is 21.1 Å². The standard InChI is InChI=1S/C15H20ClNO3/c1-2-3-8-17(9-7-16)15(18)12-5-4-6-13-14(12)20-11-10-19-13/h4-6H,2-3,7-11H2,1H3. The molecule has 1 aromatic rings. The van der Waals surface area contributed by atoms with Gasteiger partial charge in [0, 0.05) is 19.0 Å². The molecule has 1 aliphatic heterocycles. The fraction of sp³-hybridized carbons (Fsp3) is 0.533. The molecule has 0 saturated carbocycles. The molecule has 1 aliphatic rings. The molecule has 0 fully saturated rings. The van der Waals surface area contributed by atoms with E-state index in [2.05, 4.69) is 6.92 Å². The Balaban J connectivity index is 2.22. The van der Waals surface area contributed by atoms with Gasteiger partial charge in [-0.2, -0.15) is 0 Å². The molecule has 0 spiro atoms. The van der Waals surface area contributed by atoms with Crippen LogP contribution in [-0.4, -0.2) is 43.0 Å². The van der Waals surface area contributed by atoms with Crippen LogP contribution in [0.15, 0.2) is 18.2 Å². The molecule has 2 rings (SSSR count). The first-order chi connectivity index (χ1) is 9.77. The number of alkyl halides is 1. The van der Waals surface area contributed by atoms with Crippen molar-refractivity contribution < 1.29 is 14.3 Å². The van der Waals surface area contributed by atoms with Crippen LogP contribution >= 0.6 is 11.6 Å². The van der Waals surface area contributed by atoms with Gasteiger partial charge in [0.15, 0.2) is 11.5 Å². The number of halogens is 1. The number of hydrogen-bond acceptors (Lipinski definition) is 3. The Bertz CT molecular complexity index is 464. The molecule has 1 amide bonds. The van der Waals surface area contributed by atoms with Crippen LogP contribution in [0.5, 0.6) is 11.5 Å². The highest BCUT2D eigenvalue weighted by Gasteiger charge is 2.23. The minimum atomic E-state index is -0.0403. The minimum absolute atomic E-state index is 0.0403. The zero-order valence-electron chi connectivity index (χ0n) is 11.7. The molecule has 0 atom stereocenters. The van der Waals surface area contributed by atoms with Gasteiger partial charge < -0.3 is 14.4 Å². The summed E-state index contributed by atoms with van der Waals surface area (Å²) in [6, 6.07) is 5.42. The number of amides is 1. The van der Waals surface area contributed by atoms with Gasteiger partial charge in [0.1, 0.15) is 13.2 Å². The van der Waals surface area contributed by atoms with Gasteiger partial charge in [0.05, 0.1) is 5.56 Å². The second-order valence-corrected chi connectivity index (χ2v) is 5.04. The van der Waals surface area contributed by atoms with Gasteiger partial charge in [-0.1, -0.05) is 19.4 Å². The lowest BCUT2D eigenvalue weighted by molar-refractivity contribution is 0.0753. The quantitative estimate of drug-likeness (QED) is 0.758. The summed E-state index contributed by atoms with van der Waals surface area (Å²) in [4.78, 5) is 14.4. The van der Waals surface area contributed by atoms with E-state index in [0.717, 1.165) is 12.8 Å². The fourth-order valence-corrected chi connectivity index (χ4v) is 2.38. The van der Waals surface area contributed by atoms with Crippen molar-refractivity contribution in [2.75, 3.05) is 32.2 Å². The van der Waals surface area contributed by atoms with Crippen molar-refractivity contribution in [1.29, 1.82) is 0 Å². The maximum Gasteiger partial charge on any atom is 0.257 e. The lowest BCUT2D eigenvalue weighted by Crippen LogP contribution is -2.34. The summed E-state index contributed by atoms with van der Waals surface area (Å²) in [6.07, 6.45) is 2.01. The van der Waals surface area contributed by atoms with Gasteiger partial charge in [-0.15, -0.1) is 11.6 Å². The maximum atomic E-state index is 12.6. The van der Waals surface area contributed by atoms with Crippen LogP contribution in [0.1, 0.15) is 30.1 Å². The SMILES string of the molecule is CCCCN(CCCl)C(=O)c1cccc2c1OCCO2. The normalized spacial score (nSPS) is 13.1. The van der Waals surface area contributed by atoms with Gasteiger partial charge in [0.25, 0.3) is 5.91 Å². The van der Waals surface area contributed by atoms with Gasteiger partial charge in [-0.3, -0.25) is 4.79 Å². The maximum absolute atomic E-state index is 12.6. The molecular formula is C15H20ClNO3. The van der Waals surface area contributed by atoms with E-state index in [1.807, 2.05) is 12.1 Å². The minimum Gasteiger partial charge on any atom is -0.486 e. The summed E-state index contributed by atoms with van der Waals surface area (Å²) >= 11 is 5.80. The van der Waals surface area contributed by atoms with Crippen LogP contribution in [0.25, 0.3) is 0 Å². The number of nitrogens with zero attached hydrogens (tertiary/aromatic N) is 1. The number of fused-ring (bicyclic) bond motifs is 1. The van der Waals surface area contributed by atoms with E-state index >= 15 is 0 Å². The molecule has 20 heavy (non-hydrogen) atoms. The van der Waals surface area contributed by atoms with Gasteiger partial charge in [-0.05, 0) is 18.6 Å². The lowest BCUT2D eigenvalue weighted by atomic mass is 10.1. The zero-order chi connectivity index (χ0) is 14.4. The summed E-state index contributed by atoms with van der Waals surface area (Å²) in [5, 5.41) is 0. The number of unbranched alkanes of at least 4 members (excludes halogenated alkanes) is 1. The van der Waals surface area contributed by atoms with Crippen molar-refractivity contribution in [2.45, 2.75) is 19.8 Å². The zero-order valence-corrected chi connectivity index (χ0v) is 12.5.